The first kappa shape index (κ1) is 16.7. The highest BCUT2D eigenvalue weighted by Gasteiger charge is 2.17. The fourth-order valence-electron chi connectivity index (χ4n) is 2.36. The lowest BCUT2D eigenvalue weighted by atomic mass is 10.1. The van der Waals surface area contributed by atoms with Crippen LogP contribution in [-0.2, 0) is 4.79 Å². The zero-order valence-electron chi connectivity index (χ0n) is 11.2. The van der Waals surface area contributed by atoms with Crippen LogP contribution in [0.3, 0.4) is 0 Å². The Balaban J connectivity index is 0.00000256. The second kappa shape index (κ2) is 9.72. The van der Waals surface area contributed by atoms with Crippen molar-refractivity contribution in [2.75, 3.05) is 19.6 Å². The molecule has 1 fully saturated rings. The largest absolute Gasteiger partial charge is 0.343 e. The van der Waals surface area contributed by atoms with Gasteiger partial charge in [0.2, 0.25) is 5.91 Å². The maximum absolute atomic E-state index is 12.0. The number of hydrogen-bond acceptors (Lipinski definition) is 2. The molecule has 4 heteroatoms. The third kappa shape index (κ3) is 6.27. The Hall–Kier alpha value is -0.280. The molecule has 0 spiro atoms. The van der Waals surface area contributed by atoms with E-state index in [1.54, 1.807) is 0 Å². The number of rotatable bonds is 7. The molecule has 0 radical (unpaired) electrons. The van der Waals surface area contributed by atoms with Crippen LogP contribution in [0.4, 0.5) is 0 Å². The summed E-state index contributed by atoms with van der Waals surface area (Å²) in [6.07, 6.45) is 6.38. The standard InChI is InChI=1S/C13H26N2O.ClH/c1-3-10-15(11-4-2)13(16)8-7-12-6-5-9-14-12;/h12,14H,3-11H2,1-2H3;1H. The Labute approximate surface area is 112 Å². The highest BCUT2D eigenvalue weighted by Crippen LogP contribution is 2.12. The Morgan fingerprint density at radius 3 is 2.41 bits per heavy atom. The van der Waals surface area contributed by atoms with Gasteiger partial charge in [-0.1, -0.05) is 13.8 Å². The lowest BCUT2D eigenvalue weighted by molar-refractivity contribution is -0.131. The molecule has 1 N–H and O–H groups in total. The highest BCUT2D eigenvalue weighted by molar-refractivity contribution is 5.85. The molecule has 1 atom stereocenters. The normalized spacial score (nSPS) is 18.8. The Bertz CT molecular complexity index is 200. The van der Waals surface area contributed by atoms with Gasteiger partial charge in [0.15, 0.2) is 0 Å². The molecule has 1 saturated heterocycles. The van der Waals surface area contributed by atoms with Crippen LogP contribution in [0.25, 0.3) is 0 Å². The molecule has 1 unspecified atom stereocenters. The monoisotopic (exact) mass is 262 g/mol. The van der Waals surface area contributed by atoms with E-state index >= 15 is 0 Å². The van der Waals surface area contributed by atoms with Gasteiger partial charge in [-0.05, 0) is 38.6 Å². The summed E-state index contributed by atoms with van der Waals surface area (Å²) >= 11 is 0. The summed E-state index contributed by atoms with van der Waals surface area (Å²) in [6, 6.07) is 0.592. The van der Waals surface area contributed by atoms with E-state index in [1.807, 2.05) is 4.90 Å². The average Bonchev–Trinajstić information content (AvgIpc) is 2.78. The zero-order chi connectivity index (χ0) is 11.8. The van der Waals surface area contributed by atoms with E-state index in [4.69, 9.17) is 0 Å². The summed E-state index contributed by atoms with van der Waals surface area (Å²) in [4.78, 5) is 14.0. The van der Waals surface area contributed by atoms with E-state index < -0.39 is 0 Å². The lowest BCUT2D eigenvalue weighted by Crippen LogP contribution is -2.33. The summed E-state index contributed by atoms with van der Waals surface area (Å²) in [7, 11) is 0. The third-order valence-electron chi connectivity index (χ3n) is 3.21. The quantitative estimate of drug-likeness (QED) is 0.765. The van der Waals surface area contributed by atoms with Crippen LogP contribution in [-0.4, -0.2) is 36.5 Å². The van der Waals surface area contributed by atoms with Crippen molar-refractivity contribution in [3.05, 3.63) is 0 Å². The third-order valence-corrected chi connectivity index (χ3v) is 3.21. The molecule has 1 amide bonds. The van der Waals surface area contributed by atoms with E-state index in [1.165, 1.54) is 12.8 Å². The first-order chi connectivity index (χ1) is 7.77. The van der Waals surface area contributed by atoms with Crippen molar-refractivity contribution < 1.29 is 4.79 Å². The van der Waals surface area contributed by atoms with Crippen molar-refractivity contribution in [2.45, 2.75) is 58.4 Å². The van der Waals surface area contributed by atoms with Crippen LogP contribution < -0.4 is 5.32 Å². The average molecular weight is 263 g/mol. The van der Waals surface area contributed by atoms with Crippen LogP contribution in [0.2, 0.25) is 0 Å². The first-order valence-electron chi connectivity index (χ1n) is 6.79. The van der Waals surface area contributed by atoms with Crippen molar-refractivity contribution in [1.82, 2.24) is 10.2 Å². The smallest absolute Gasteiger partial charge is 0.222 e. The van der Waals surface area contributed by atoms with Crippen molar-refractivity contribution >= 4 is 18.3 Å². The van der Waals surface area contributed by atoms with Crippen LogP contribution in [0, 0.1) is 0 Å². The minimum Gasteiger partial charge on any atom is -0.343 e. The topological polar surface area (TPSA) is 32.3 Å². The first-order valence-corrected chi connectivity index (χ1v) is 6.79. The van der Waals surface area contributed by atoms with Crippen LogP contribution in [0.15, 0.2) is 0 Å². The van der Waals surface area contributed by atoms with Gasteiger partial charge >= 0.3 is 0 Å². The number of amides is 1. The van der Waals surface area contributed by atoms with Gasteiger partial charge in [-0.15, -0.1) is 12.4 Å². The van der Waals surface area contributed by atoms with Gasteiger partial charge in [-0.25, -0.2) is 0 Å². The highest BCUT2D eigenvalue weighted by atomic mass is 35.5. The van der Waals surface area contributed by atoms with E-state index in [0.29, 0.717) is 11.9 Å². The predicted octanol–water partition coefficient (Wildman–Crippen LogP) is 2.59. The van der Waals surface area contributed by atoms with Crippen molar-refractivity contribution in [1.29, 1.82) is 0 Å². The molecule has 0 bridgehead atoms. The fourth-order valence-corrected chi connectivity index (χ4v) is 2.36. The summed E-state index contributed by atoms with van der Waals surface area (Å²) in [6.45, 7) is 7.24. The van der Waals surface area contributed by atoms with Crippen LogP contribution >= 0.6 is 12.4 Å². The molecule has 0 aliphatic carbocycles. The van der Waals surface area contributed by atoms with E-state index in [9.17, 15) is 4.79 Å². The molecule has 1 rings (SSSR count). The van der Waals surface area contributed by atoms with Crippen molar-refractivity contribution in [2.24, 2.45) is 0 Å². The number of carbonyl (C=O) groups is 1. The maximum atomic E-state index is 12.0. The summed E-state index contributed by atoms with van der Waals surface area (Å²) < 4.78 is 0. The molecule has 3 nitrogen and oxygen atoms in total. The molecule has 1 aliphatic heterocycles. The van der Waals surface area contributed by atoms with Crippen molar-refractivity contribution in [3.63, 3.8) is 0 Å². The number of nitrogens with zero attached hydrogens (tertiary/aromatic N) is 1. The maximum Gasteiger partial charge on any atom is 0.222 e. The molecule has 0 saturated carbocycles. The molecule has 1 heterocycles. The van der Waals surface area contributed by atoms with E-state index in [2.05, 4.69) is 19.2 Å². The number of hydrogen-bond donors (Lipinski definition) is 1. The molecule has 0 aromatic rings. The molecule has 102 valence electrons. The zero-order valence-corrected chi connectivity index (χ0v) is 12.0. The molecular formula is C13H27ClN2O. The van der Waals surface area contributed by atoms with Gasteiger partial charge < -0.3 is 10.2 Å². The molecule has 0 aromatic carbocycles. The SMILES string of the molecule is CCCN(CCC)C(=O)CCC1CCCN1.Cl. The van der Waals surface area contributed by atoms with Crippen LogP contribution in [0.1, 0.15) is 52.4 Å². The number of nitrogens with one attached hydrogen (secondary N) is 1. The molecule has 1 aliphatic rings. The molecule has 0 aromatic heterocycles. The van der Waals surface area contributed by atoms with Gasteiger partial charge in [-0.2, -0.15) is 0 Å². The van der Waals surface area contributed by atoms with Gasteiger partial charge in [0, 0.05) is 25.6 Å². The van der Waals surface area contributed by atoms with Gasteiger partial charge in [0.1, 0.15) is 0 Å². The van der Waals surface area contributed by atoms with Gasteiger partial charge in [0.25, 0.3) is 0 Å². The summed E-state index contributed by atoms with van der Waals surface area (Å²) in [5.41, 5.74) is 0. The van der Waals surface area contributed by atoms with Crippen LogP contribution in [0.5, 0.6) is 0 Å². The predicted molar refractivity (Wildman–Crippen MR) is 74.7 cm³/mol. The Morgan fingerprint density at radius 1 is 1.29 bits per heavy atom. The van der Waals surface area contributed by atoms with Crippen molar-refractivity contribution in [3.8, 4) is 0 Å². The van der Waals surface area contributed by atoms with Gasteiger partial charge in [0.05, 0.1) is 0 Å². The second-order valence-corrected chi connectivity index (χ2v) is 4.71. The molecule has 17 heavy (non-hydrogen) atoms. The lowest BCUT2D eigenvalue weighted by Gasteiger charge is -2.22. The summed E-state index contributed by atoms with van der Waals surface area (Å²) in [5, 5.41) is 3.44. The second-order valence-electron chi connectivity index (χ2n) is 4.71. The fraction of sp³-hybridized carbons (Fsp3) is 0.923. The summed E-state index contributed by atoms with van der Waals surface area (Å²) in [5.74, 6) is 0.345. The molecular weight excluding hydrogens is 236 g/mol. The van der Waals surface area contributed by atoms with E-state index in [0.717, 1.165) is 45.3 Å². The Kier molecular flexibility index (Phi) is 9.56. The number of halogens is 1. The number of carbonyl (C=O) groups excluding carboxylic acids is 1. The van der Waals surface area contributed by atoms with Gasteiger partial charge in [-0.3, -0.25) is 4.79 Å². The Morgan fingerprint density at radius 2 is 1.94 bits per heavy atom. The minimum absolute atomic E-state index is 0. The van der Waals surface area contributed by atoms with E-state index in [-0.39, 0.29) is 12.4 Å². The minimum atomic E-state index is 0.